The van der Waals surface area contributed by atoms with E-state index in [-0.39, 0.29) is 49.3 Å². The summed E-state index contributed by atoms with van der Waals surface area (Å²) < 4.78 is 10.7. The summed E-state index contributed by atoms with van der Waals surface area (Å²) in [4.78, 5) is 121. The number of benzene rings is 1. The smallest absolute Gasteiger partial charge is 0.328 e. The maximum absolute atomic E-state index is 13.9. The molecule has 0 aliphatic carbocycles. The van der Waals surface area contributed by atoms with E-state index in [0.29, 0.717) is 6.42 Å². The molecule has 9 atom stereocenters. The Morgan fingerprint density at radius 2 is 1.48 bits per heavy atom. The van der Waals surface area contributed by atoms with Gasteiger partial charge in [0.2, 0.25) is 35.4 Å². The summed E-state index contributed by atoms with van der Waals surface area (Å²) in [6, 6.07) is 1.86. The SMILES string of the molecule is C=C1C(=O)N[C@H](C)C(=O)N[C@@H](CC(C)C)C(=O)N[C@@H](C(=O)O)CC(=O)N[C@@H](CC)C(=O)N[C@@H](/C=C/C(C)=C/[C@H](C)[C@H](Cc2ccccc2)OC)[C@H](C)C(=O)N[C@@H](C(=O)OC)CCC(=O)N1C. The van der Waals surface area contributed by atoms with Crippen LogP contribution in [0.25, 0.3) is 0 Å². The Hall–Kier alpha value is -6.37. The first-order valence-electron chi connectivity index (χ1n) is 22.0. The molecule has 7 amide bonds. The number of carbonyl (C=O) groups is 9. The van der Waals surface area contributed by atoms with Gasteiger partial charge in [0.25, 0.3) is 5.91 Å². The van der Waals surface area contributed by atoms with Crippen molar-refractivity contribution in [3.05, 3.63) is 72.0 Å². The van der Waals surface area contributed by atoms with Crippen molar-refractivity contribution in [3.63, 3.8) is 0 Å². The number of hydrogen-bond acceptors (Lipinski definition) is 11. The van der Waals surface area contributed by atoms with E-state index in [4.69, 9.17) is 9.47 Å². The van der Waals surface area contributed by atoms with Gasteiger partial charge in [-0.15, -0.1) is 0 Å². The van der Waals surface area contributed by atoms with E-state index < -0.39 is 102 Å². The average molecular weight is 924 g/mol. The molecule has 66 heavy (non-hydrogen) atoms. The number of amides is 7. The molecule has 0 unspecified atom stereocenters. The van der Waals surface area contributed by atoms with E-state index in [1.54, 1.807) is 40.0 Å². The van der Waals surface area contributed by atoms with Crippen molar-refractivity contribution in [2.45, 2.75) is 129 Å². The normalized spacial score (nSPS) is 25.3. The number of hydrogen-bond donors (Lipinski definition) is 7. The van der Waals surface area contributed by atoms with Gasteiger partial charge in [-0.05, 0) is 51.0 Å². The molecule has 1 aromatic carbocycles. The molecule has 1 heterocycles. The molecule has 364 valence electrons. The third-order valence-electron chi connectivity index (χ3n) is 11.2. The van der Waals surface area contributed by atoms with Crippen molar-refractivity contribution >= 4 is 53.3 Å². The highest BCUT2D eigenvalue weighted by atomic mass is 16.5. The first-order chi connectivity index (χ1) is 31.0. The molecule has 19 nitrogen and oxygen atoms in total. The molecule has 0 spiro atoms. The second-order valence-electron chi connectivity index (χ2n) is 17.0. The molecule has 2 rings (SSSR count). The van der Waals surface area contributed by atoms with Crippen molar-refractivity contribution in [2.24, 2.45) is 17.8 Å². The number of carbonyl (C=O) groups excluding carboxylic acids is 8. The number of likely N-dealkylation sites (N-methyl/N-ethyl adjacent to an activating group) is 1. The molecule has 0 radical (unpaired) electrons. The minimum absolute atomic E-state index is 0.0332. The third kappa shape index (κ3) is 17.9. The van der Waals surface area contributed by atoms with E-state index in [1.807, 2.05) is 50.3 Å². The maximum Gasteiger partial charge on any atom is 0.328 e. The molecule has 0 aromatic heterocycles. The van der Waals surface area contributed by atoms with Crippen LogP contribution in [0.2, 0.25) is 0 Å². The zero-order valence-electron chi connectivity index (χ0n) is 39.7. The number of rotatable bonds is 12. The topological polar surface area (TPSA) is 268 Å². The van der Waals surface area contributed by atoms with Gasteiger partial charge in [0, 0.05) is 26.5 Å². The average Bonchev–Trinajstić information content (AvgIpc) is 3.27. The molecular weight excluding hydrogens is 855 g/mol. The number of methoxy groups -OCH3 is 2. The van der Waals surface area contributed by atoms with Crippen molar-refractivity contribution in [1.29, 1.82) is 0 Å². The van der Waals surface area contributed by atoms with Gasteiger partial charge >= 0.3 is 11.9 Å². The van der Waals surface area contributed by atoms with Gasteiger partial charge in [-0.25, -0.2) is 9.59 Å². The van der Waals surface area contributed by atoms with E-state index in [0.717, 1.165) is 23.1 Å². The van der Waals surface area contributed by atoms with Crippen LogP contribution in [0.1, 0.15) is 86.1 Å². The predicted octanol–water partition coefficient (Wildman–Crippen LogP) is 1.82. The molecule has 1 aliphatic rings. The molecular formula is C47H69N7O12. The van der Waals surface area contributed by atoms with Gasteiger partial charge in [-0.1, -0.05) is 95.3 Å². The second-order valence-corrected chi connectivity index (χ2v) is 17.0. The fourth-order valence-corrected chi connectivity index (χ4v) is 6.97. The fourth-order valence-electron chi connectivity index (χ4n) is 6.97. The lowest BCUT2D eigenvalue weighted by molar-refractivity contribution is -0.146. The number of carboxylic acids is 1. The van der Waals surface area contributed by atoms with Crippen LogP contribution in [0.3, 0.4) is 0 Å². The summed E-state index contributed by atoms with van der Waals surface area (Å²) in [5.74, 6) is -9.44. The second kappa shape index (κ2) is 27.2. The number of nitrogens with one attached hydrogen (secondary N) is 6. The van der Waals surface area contributed by atoms with Crippen LogP contribution in [0.5, 0.6) is 0 Å². The quantitative estimate of drug-likeness (QED) is 0.0900. The van der Waals surface area contributed by atoms with Gasteiger partial charge < -0.3 is 51.4 Å². The van der Waals surface area contributed by atoms with Crippen molar-refractivity contribution < 1.29 is 57.7 Å². The third-order valence-corrected chi connectivity index (χ3v) is 11.2. The monoisotopic (exact) mass is 924 g/mol. The number of ether oxygens (including phenoxy) is 2. The first kappa shape index (κ1) is 55.8. The van der Waals surface area contributed by atoms with Crippen LogP contribution < -0.4 is 31.9 Å². The highest BCUT2D eigenvalue weighted by Crippen LogP contribution is 2.18. The summed E-state index contributed by atoms with van der Waals surface area (Å²) in [6.45, 7) is 15.5. The fraction of sp³-hybridized carbons (Fsp3) is 0.553. The van der Waals surface area contributed by atoms with Crippen molar-refractivity contribution in [1.82, 2.24) is 36.8 Å². The van der Waals surface area contributed by atoms with Gasteiger partial charge in [-0.2, -0.15) is 0 Å². The molecule has 7 N–H and O–H groups in total. The van der Waals surface area contributed by atoms with Crippen LogP contribution in [0.15, 0.2) is 66.4 Å². The molecule has 0 saturated carbocycles. The van der Waals surface area contributed by atoms with Crippen LogP contribution >= 0.6 is 0 Å². The molecule has 1 fully saturated rings. The lowest BCUT2D eigenvalue weighted by Crippen LogP contribution is -2.57. The summed E-state index contributed by atoms with van der Waals surface area (Å²) in [5, 5.41) is 25.2. The number of allylic oxidation sites excluding steroid dienone is 2. The molecule has 1 aromatic rings. The van der Waals surface area contributed by atoms with E-state index in [1.165, 1.54) is 20.9 Å². The first-order valence-corrected chi connectivity index (χ1v) is 22.0. The van der Waals surface area contributed by atoms with Crippen molar-refractivity contribution in [2.75, 3.05) is 21.3 Å². The Labute approximate surface area is 387 Å². The Bertz CT molecular complexity index is 1970. The standard InChI is InChI=1S/C47H69N7O12/c1-12-33-44(60)50-34(19-18-27(4)23-28(5)38(65-10)24-32-16-14-13-15-17-32)29(6)41(57)51-35(47(64)66-11)20-21-40(56)54(9)31(8)43(59)48-30(7)42(58)52-36(22-26(2)3)45(61)53-37(46(62)63)25-39(55)49-33/h13-19,23,26,28-30,33-38H,8,12,20-22,24-25H2,1-7,9-11H3,(H,48,59)(H,49,55)(H,50,60)(H,51,57)(H,52,58)(H,53,61)(H,62,63)/b19-18+,27-23+/t28-,29-,30+,33-,34-,35+,36-,37+,38-/m0/s1. The Morgan fingerprint density at radius 3 is 2.06 bits per heavy atom. The molecule has 0 bridgehead atoms. The van der Waals surface area contributed by atoms with Gasteiger partial charge in [0.05, 0.1) is 31.6 Å². The van der Waals surface area contributed by atoms with E-state index >= 15 is 0 Å². The highest BCUT2D eigenvalue weighted by molar-refractivity contribution is 6.00. The van der Waals surface area contributed by atoms with E-state index in [2.05, 4.69) is 38.5 Å². The van der Waals surface area contributed by atoms with E-state index in [9.17, 15) is 48.3 Å². The highest BCUT2D eigenvalue weighted by Gasteiger charge is 2.34. The van der Waals surface area contributed by atoms with Gasteiger partial charge in [0.15, 0.2) is 0 Å². The minimum atomic E-state index is -1.78. The molecule has 1 aliphatic heterocycles. The Kier molecular flexibility index (Phi) is 23.0. The summed E-state index contributed by atoms with van der Waals surface area (Å²) in [6.07, 6.45) is 4.40. The van der Waals surface area contributed by atoms with Crippen LogP contribution in [-0.2, 0) is 59.0 Å². The summed E-state index contributed by atoms with van der Waals surface area (Å²) in [7, 11) is 4.00. The van der Waals surface area contributed by atoms with Gasteiger partial charge in [-0.3, -0.25) is 33.6 Å². The molecule has 1 saturated heterocycles. The van der Waals surface area contributed by atoms with Crippen molar-refractivity contribution in [3.8, 4) is 0 Å². The number of esters is 1. The van der Waals surface area contributed by atoms with Crippen LogP contribution in [0.4, 0.5) is 0 Å². The lowest BCUT2D eigenvalue weighted by Gasteiger charge is -2.27. The minimum Gasteiger partial charge on any atom is -0.480 e. The van der Waals surface area contributed by atoms with Gasteiger partial charge in [0.1, 0.15) is 35.9 Å². The largest absolute Gasteiger partial charge is 0.480 e. The summed E-state index contributed by atoms with van der Waals surface area (Å²) in [5.41, 5.74) is 1.49. The zero-order chi connectivity index (χ0) is 49.8. The lowest BCUT2D eigenvalue weighted by atomic mass is 9.94. The molecule has 19 heteroatoms. The van der Waals surface area contributed by atoms with Crippen LogP contribution in [0, 0.1) is 17.8 Å². The number of aliphatic carboxylic acids is 1. The summed E-state index contributed by atoms with van der Waals surface area (Å²) >= 11 is 0. The maximum atomic E-state index is 13.9. The number of nitrogens with zero attached hydrogens (tertiary/aromatic N) is 1. The Balaban J connectivity index is 2.60. The zero-order valence-corrected chi connectivity index (χ0v) is 39.7. The predicted molar refractivity (Wildman–Crippen MR) is 245 cm³/mol. The van der Waals surface area contributed by atoms with Crippen LogP contribution in [-0.4, -0.2) is 127 Å². The number of carboxylic acid groups (broad SMARTS) is 1. The Morgan fingerprint density at radius 1 is 0.864 bits per heavy atom.